The quantitative estimate of drug-likeness (QED) is 0.175. The first-order valence-electron chi connectivity index (χ1n) is 13.6. The Kier molecular flexibility index (Phi) is 5.17. The zero-order chi connectivity index (χ0) is 26.5. The van der Waals surface area contributed by atoms with Crippen molar-refractivity contribution in [2.24, 2.45) is 0 Å². The Morgan fingerprint density at radius 1 is 0.350 bits per heavy atom. The Bertz CT molecular complexity index is 2160. The molecule has 0 N–H and O–H groups in total. The summed E-state index contributed by atoms with van der Waals surface area (Å²) in [6.45, 7) is 0. The van der Waals surface area contributed by atoms with Gasteiger partial charge in [0.2, 0.25) is 0 Å². The lowest BCUT2D eigenvalue weighted by molar-refractivity contribution is 1.25. The fourth-order valence-corrected chi connectivity index (χ4v) is 6.23. The minimum Gasteiger partial charge on any atom is -0.255 e. The summed E-state index contributed by atoms with van der Waals surface area (Å²) in [6, 6.07) is 47.7. The molecule has 2 heteroatoms. The van der Waals surface area contributed by atoms with Crippen molar-refractivity contribution in [1.82, 2.24) is 9.97 Å². The summed E-state index contributed by atoms with van der Waals surface area (Å²) < 4.78 is 0. The van der Waals surface area contributed by atoms with E-state index in [0.717, 1.165) is 17.0 Å². The van der Waals surface area contributed by atoms with Crippen molar-refractivity contribution in [3.8, 4) is 33.6 Å². The monoisotopic (exact) mass is 508 g/mol. The van der Waals surface area contributed by atoms with Gasteiger partial charge in [0, 0.05) is 12.4 Å². The van der Waals surface area contributed by atoms with E-state index in [1.807, 2.05) is 30.6 Å². The molecule has 2 heterocycles. The van der Waals surface area contributed by atoms with E-state index in [9.17, 15) is 0 Å². The van der Waals surface area contributed by atoms with Gasteiger partial charge in [-0.1, -0.05) is 103 Å². The lowest BCUT2D eigenvalue weighted by atomic mass is 9.84. The van der Waals surface area contributed by atoms with Gasteiger partial charge >= 0.3 is 0 Å². The molecule has 2 aromatic heterocycles. The molecule has 0 amide bonds. The Labute approximate surface area is 232 Å². The van der Waals surface area contributed by atoms with Gasteiger partial charge in [0.25, 0.3) is 0 Å². The van der Waals surface area contributed by atoms with Gasteiger partial charge in [-0.25, -0.2) is 0 Å². The average Bonchev–Trinajstić information content (AvgIpc) is 3.04. The second-order valence-corrected chi connectivity index (χ2v) is 10.2. The van der Waals surface area contributed by atoms with Gasteiger partial charge in [-0.2, -0.15) is 0 Å². The van der Waals surface area contributed by atoms with Crippen molar-refractivity contribution >= 4 is 43.1 Å². The van der Waals surface area contributed by atoms with Crippen LogP contribution in [0.1, 0.15) is 0 Å². The van der Waals surface area contributed by atoms with Gasteiger partial charge in [0.15, 0.2) is 0 Å². The van der Waals surface area contributed by atoms with Gasteiger partial charge in [0.05, 0.1) is 11.4 Å². The van der Waals surface area contributed by atoms with Crippen LogP contribution in [-0.2, 0) is 0 Å². The standard InChI is InChI=1S/C38H24N2/c1-2-12-27-25(11-1)23-34(29-14-4-3-13-28(27)29)38-32-17-7-5-15-30(32)37(31-16-6-8-18-33(31)38)26-20-22-40-36(24-26)35-19-9-10-21-39-35/h1-24H. The highest BCUT2D eigenvalue weighted by Gasteiger charge is 2.19. The van der Waals surface area contributed by atoms with E-state index in [-0.39, 0.29) is 0 Å². The normalized spacial score (nSPS) is 11.5. The predicted molar refractivity (Wildman–Crippen MR) is 168 cm³/mol. The third-order valence-corrected chi connectivity index (χ3v) is 7.94. The summed E-state index contributed by atoms with van der Waals surface area (Å²) in [4.78, 5) is 9.21. The molecule has 8 aromatic rings. The van der Waals surface area contributed by atoms with Gasteiger partial charge in [-0.3, -0.25) is 9.97 Å². The molecule has 0 spiro atoms. The molecular formula is C38H24N2. The highest BCUT2D eigenvalue weighted by molar-refractivity contribution is 6.25. The second kappa shape index (κ2) is 9.14. The van der Waals surface area contributed by atoms with Crippen LogP contribution in [0.25, 0.3) is 76.7 Å². The molecule has 0 unspecified atom stereocenters. The maximum Gasteiger partial charge on any atom is 0.0892 e. The maximum absolute atomic E-state index is 4.66. The van der Waals surface area contributed by atoms with Crippen molar-refractivity contribution in [2.45, 2.75) is 0 Å². The van der Waals surface area contributed by atoms with E-state index in [4.69, 9.17) is 0 Å². The molecule has 0 aliphatic heterocycles. The van der Waals surface area contributed by atoms with Crippen LogP contribution < -0.4 is 0 Å². The summed E-state index contributed by atoms with van der Waals surface area (Å²) in [5.74, 6) is 0. The van der Waals surface area contributed by atoms with Crippen LogP contribution in [0.4, 0.5) is 0 Å². The maximum atomic E-state index is 4.66. The SMILES string of the molecule is c1ccc(-c2cc(-c3c4ccccc4c(-c4cc5ccccc5c5ccccc45)c4ccccc34)ccn2)nc1. The van der Waals surface area contributed by atoms with Crippen molar-refractivity contribution in [3.63, 3.8) is 0 Å². The van der Waals surface area contributed by atoms with Crippen LogP contribution in [0.15, 0.2) is 146 Å². The number of benzene rings is 6. The van der Waals surface area contributed by atoms with E-state index >= 15 is 0 Å². The van der Waals surface area contributed by atoms with Crippen LogP contribution >= 0.6 is 0 Å². The third-order valence-electron chi connectivity index (χ3n) is 7.94. The second-order valence-electron chi connectivity index (χ2n) is 10.2. The van der Waals surface area contributed by atoms with E-state index in [0.29, 0.717) is 0 Å². The lowest BCUT2D eigenvalue weighted by Crippen LogP contribution is -1.93. The minimum atomic E-state index is 0.871. The molecule has 6 aromatic carbocycles. The van der Waals surface area contributed by atoms with Crippen molar-refractivity contribution < 1.29 is 0 Å². The number of aromatic nitrogens is 2. The number of nitrogens with zero attached hydrogens (tertiary/aromatic N) is 2. The molecule has 0 radical (unpaired) electrons. The molecular weight excluding hydrogens is 484 g/mol. The highest BCUT2D eigenvalue weighted by Crippen LogP contribution is 2.46. The van der Waals surface area contributed by atoms with Crippen molar-refractivity contribution in [3.05, 3.63) is 146 Å². The minimum absolute atomic E-state index is 0.871. The molecule has 0 aliphatic rings. The number of hydrogen-bond acceptors (Lipinski definition) is 2. The van der Waals surface area contributed by atoms with Crippen molar-refractivity contribution in [2.75, 3.05) is 0 Å². The fourth-order valence-electron chi connectivity index (χ4n) is 6.23. The van der Waals surface area contributed by atoms with Gasteiger partial charge in [-0.15, -0.1) is 0 Å². The topological polar surface area (TPSA) is 25.8 Å². The summed E-state index contributed by atoms with van der Waals surface area (Å²) in [6.07, 6.45) is 3.71. The first-order valence-corrected chi connectivity index (χ1v) is 13.6. The molecule has 0 saturated heterocycles. The largest absolute Gasteiger partial charge is 0.255 e. The smallest absolute Gasteiger partial charge is 0.0892 e. The zero-order valence-corrected chi connectivity index (χ0v) is 21.8. The predicted octanol–water partition coefficient (Wildman–Crippen LogP) is 10.1. The summed E-state index contributed by atoms with van der Waals surface area (Å²) in [5, 5.41) is 10.0. The number of hydrogen-bond donors (Lipinski definition) is 0. The van der Waals surface area contributed by atoms with Gasteiger partial charge < -0.3 is 0 Å². The van der Waals surface area contributed by atoms with Crippen LogP contribution in [0.5, 0.6) is 0 Å². The highest BCUT2D eigenvalue weighted by atomic mass is 14.8. The van der Waals surface area contributed by atoms with E-state index < -0.39 is 0 Å². The molecule has 40 heavy (non-hydrogen) atoms. The summed E-state index contributed by atoms with van der Waals surface area (Å²) in [5.41, 5.74) is 6.64. The first kappa shape index (κ1) is 22.6. The molecule has 2 nitrogen and oxygen atoms in total. The van der Waals surface area contributed by atoms with Gasteiger partial charge in [-0.05, 0) is 95.7 Å². The van der Waals surface area contributed by atoms with Crippen LogP contribution in [0.2, 0.25) is 0 Å². The zero-order valence-electron chi connectivity index (χ0n) is 21.8. The summed E-state index contributed by atoms with van der Waals surface area (Å²) >= 11 is 0. The molecule has 0 aliphatic carbocycles. The summed E-state index contributed by atoms with van der Waals surface area (Å²) in [7, 11) is 0. The van der Waals surface area contributed by atoms with Crippen LogP contribution in [0.3, 0.4) is 0 Å². The molecule has 0 fully saturated rings. The van der Waals surface area contributed by atoms with E-state index in [1.54, 1.807) is 0 Å². The Morgan fingerprint density at radius 2 is 0.900 bits per heavy atom. The molecule has 0 atom stereocenters. The molecule has 0 saturated carbocycles. The number of pyridine rings is 2. The molecule has 8 rings (SSSR count). The number of rotatable bonds is 3. The fraction of sp³-hybridized carbons (Fsp3) is 0. The lowest BCUT2D eigenvalue weighted by Gasteiger charge is -2.19. The van der Waals surface area contributed by atoms with Gasteiger partial charge in [0.1, 0.15) is 0 Å². The first-order chi connectivity index (χ1) is 19.9. The average molecular weight is 509 g/mol. The van der Waals surface area contributed by atoms with Crippen LogP contribution in [-0.4, -0.2) is 9.97 Å². The van der Waals surface area contributed by atoms with Crippen LogP contribution in [0, 0.1) is 0 Å². The molecule has 186 valence electrons. The van der Waals surface area contributed by atoms with E-state index in [1.165, 1.54) is 59.8 Å². The van der Waals surface area contributed by atoms with E-state index in [2.05, 4.69) is 125 Å². The van der Waals surface area contributed by atoms with Crippen molar-refractivity contribution in [1.29, 1.82) is 0 Å². The number of fused-ring (bicyclic) bond motifs is 5. The Balaban J connectivity index is 1.50. The molecule has 0 bridgehead atoms. The Morgan fingerprint density at radius 3 is 1.57 bits per heavy atom. The third kappa shape index (κ3) is 3.50. The Hall–Kier alpha value is -5.34.